The summed E-state index contributed by atoms with van der Waals surface area (Å²) in [7, 11) is -0.845. The van der Waals surface area contributed by atoms with Gasteiger partial charge >= 0.3 is 5.97 Å². The number of carbonyl (C=O) groups excluding carboxylic acids is 2. The molecule has 7 nitrogen and oxygen atoms in total. The van der Waals surface area contributed by atoms with Gasteiger partial charge in [0.05, 0.1) is 10.5 Å². The van der Waals surface area contributed by atoms with Crippen LogP contribution in [0, 0.1) is 13.8 Å². The molecule has 8 heteroatoms. The zero-order valence-electron chi connectivity index (χ0n) is 16.1. The van der Waals surface area contributed by atoms with Gasteiger partial charge in [-0.15, -0.1) is 0 Å². The lowest BCUT2D eigenvalue weighted by molar-refractivity contribution is 0.0474. The fourth-order valence-electron chi connectivity index (χ4n) is 2.86. The van der Waals surface area contributed by atoms with Gasteiger partial charge in [0.25, 0.3) is 0 Å². The molecule has 0 aliphatic carbocycles. The molecule has 2 aromatic rings. The van der Waals surface area contributed by atoms with Crippen molar-refractivity contribution in [3.05, 3.63) is 52.8 Å². The zero-order chi connectivity index (χ0) is 20.4. The molecule has 0 bridgehead atoms. The molecule has 0 saturated heterocycles. The van der Waals surface area contributed by atoms with E-state index in [-0.39, 0.29) is 16.2 Å². The van der Waals surface area contributed by atoms with Crippen molar-refractivity contribution in [3.63, 3.8) is 0 Å². The molecule has 0 aliphatic rings. The predicted octanol–water partition coefficient (Wildman–Crippen LogP) is 2.41. The van der Waals surface area contributed by atoms with Crippen LogP contribution in [0.1, 0.15) is 39.0 Å². The minimum Gasteiger partial charge on any atom is -0.454 e. The Kier molecular flexibility index (Phi) is 6.22. The summed E-state index contributed by atoms with van der Waals surface area (Å²) in [4.78, 5) is 24.6. The van der Waals surface area contributed by atoms with Crippen LogP contribution in [-0.4, -0.2) is 49.7 Å². The average Bonchev–Trinajstić information content (AvgIpc) is 2.93. The number of esters is 1. The highest BCUT2D eigenvalue weighted by Gasteiger charge is 2.20. The van der Waals surface area contributed by atoms with Crippen molar-refractivity contribution in [1.82, 2.24) is 8.87 Å². The van der Waals surface area contributed by atoms with E-state index in [1.54, 1.807) is 6.07 Å². The van der Waals surface area contributed by atoms with Crippen molar-refractivity contribution >= 4 is 21.8 Å². The van der Waals surface area contributed by atoms with Crippen molar-refractivity contribution < 1.29 is 22.7 Å². The molecule has 0 unspecified atom stereocenters. The molecule has 0 spiro atoms. The van der Waals surface area contributed by atoms with E-state index in [0.717, 1.165) is 22.2 Å². The number of rotatable bonds is 7. The lowest BCUT2D eigenvalue weighted by Gasteiger charge is -2.12. The maximum atomic E-state index is 12.4. The summed E-state index contributed by atoms with van der Waals surface area (Å²) in [5, 5.41) is 0. The molecule has 0 fully saturated rings. The van der Waals surface area contributed by atoms with E-state index < -0.39 is 22.6 Å². The first-order valence-electron chi connectivity index (χ1n) is 8.49. The van der Waals surface area contributed by atoms with E-state index in [1.165, 1.54) is 38.4 Å². The monoisotopic (exact) mass is 392 g/mol. The topological polar surface area (TPSA) is 85.7 Å². The Morgan fingerprint density at radius 2 is 1.81 bits per heavy atom. The van der Waals surface area contributed by atoms with Gasteiger partial charge < -0.3 is 9.30 Å². The Bertz CT molecular complexity index is 974. The molecule has 0 N–H and O–H groups in total. The van der Waals surface area contributed by atoms with Crippen molar-refractivity contribution in [2.45, 2.75) is 32.2 Å². The van der Waals surface area contributed by atoms with Gasteiger partial charge in [0.2, 0.25) is 15.8 Å². The fourth-order valence-corrected chi connectivity index (χ4v) is 3.80. The second-order valence-corrected chi connectivity index (χ2v) is 8.50. The Labute approximate surface area is 159 Å². The van der Waals surface area contributed by atoms with E-state index in [4.69, 9.17) is 4.74 Å². The van der Waals surface area contributed by atoms with Gasteiger partial charge in [-0.2, -0.15) is 0 Å². The minimum atomic E-state index is -3.66. The molecule has 27 heavy (non-hydrogen) atoms. The first-order chi connectivity index (χ1) is 12.6. The lowest BCUT2D eigenvalue weighted by Crippen LogP contribution is -2.22. The molecule has 0 aliphatic heterocycles. The number of benzene rings is 1. The summed E-state index contributed by atoms with van der Waals surface area (Å²) in [5.74, 6) is -1.04. The van der Waals surface area contributed by atoms with Gasteiger partial charge in [0.1, 0.15) is 0 Å². The van der Waals surface area contributed by atoms with Crippen LogP contribution >= 0.6 is 0 Å². The van der Waals surface area contributed by atoms with Crippen LogP contribution in [-0.2, 0) is 21.3 Å². The summed E-state index contributed by atoms with van der Waals surface area (Å²) >= 11 is 0. The average molecular weight is 392 g/mol. The van der Waals surface area contributed by atoms with Gasteiger partial charge in [0, 0.05) is 37.6 Å². The van der Waals surface area contributed by atoms with E-state index in [9.17, 15) is 18.0 Å². The Morgan fingerprint density at radius 1 is 1.15 bits per heavy atom. The first-order valence-corrected chi connectivity index (χ1v) is 9.93. The number of ketones is 1. The van der Waals surface area contributed by atoms with Crippen LogP contribution in [0.3, 0.4) is 0 Å². The van der Waals surface area contributed by atoms with Crippen molar-refractivity contribution in [2.24, 2.45) is 0 Å². The van der Waals surface area contributed by atoms with Crippen molar-refractivity contribution in [1.29, 1.82) is 0 Å². The molecule has 1 aromatic heterocycles. The second kappa shape index (κ2) is 8.06. The van der Waals surface area contributed by atoms with Crippen LogP contribution in [0.15, 0.2) is 35.2 Å². The number of nitrogens with zero attached hydrogens (tertiary/aromatic N) is 2. The standard InChI is InChI=1S/C19H24N2O5S/c1-6-21-13(2)10-17(14(21)3)18(22)12-26-19(23)15-8-7-9-16(11-15)27(24,25)20(4)5/h7-11H,6,12H2,1-5H3. The molecule has 0 radical (unpaired) electrons. The number of aromatic nitrogens is 1. The molecular formula is C19H24N2O5S. The number of hydrogen-bond acceptors (Lipinski definition) is 5. The molecule has 0 saturated carbocycles. The summed E-state index contributed by atoms with van der Waals surface area (Å²) in [6.07, 6.45) is 0. The quantitative estimate of drug-likeness (QED) is 0.534. The smallest absolute Gasteiger partial charge is 0.338 e. The summed E-state index contributed by atoms with van der Waals surface area (Å²) in [6.45, 7) is 6.09. The van der Waals surface area contributed by atoms with Gasteiger partial charge in [-0.1, -0.05) is 6.07 Å². The highest BCUT2D eigenvalue weighted by molar-refractivity contribution is 7.89. The third kappa shape index (κ3) is 4.28. The van der Waals surface area contributed by atoms with Crippen LogP contribution in [0.2, 0.25) is 0 Å². The number of Topliss-reactive ketones (excluding diaryl/α,β-unsaturated/α-hetero) is 1. The van der Waals surface area contributed by atoms with Gasteiger partial charge in [-0.3, -0.25) is 4.79 Å². The largest absolute Gasteiger partial charge is 0.454 e. The van der Waals surface area contributed by atoms with E-state index >= 15 is 0 Å². The SMILES string of the molecule is CCn1c(C)cc(C(=O)COC(=O)c2cccc(S(=O)(=O)N(C)C)c2)c1C. The van der Waals surface area contributed by atoms with Crippen LogP contribution in [0.4, 0.5) is 0 Å². The summed E-state index contributed by atoms with van der Waals surface area (Å²) in [6, 6.07) is 7.33. The van der Waals surface area contributed by atoms with E-state index in [1.807, 2.05) is 25.3 Å². The van der Waals surface area contributed by atoms with Gasteiger partial charge in [-0.25, -0.2) is 17.5 Å². The fraction of sp³-hybridized carbons (Fsp3) is 0.368. The number of aryl methyl sites for hydroxylation is 1. The summed E-state index contributed by atoms with van der Waals surface area (Å²) < 4.78 is 32.5. The molecule has 0 atom stereocenters. The van der Waals surface area contributed by atoms with E-state index in [0.29, 0.717) is 5.56 Å². The predicted molar refractivity (Wildman–Crippen MR) is 102 cm³/mol. The first kappa shape index (κ1) is 20.9. The normalized spacial score (nSPS) is 11.6. The maximum Gasteiger partial charge on any atom is 0.338 e. The highest BCUT2D eigenvalue weighted by atomic mass is 32.2. The number of ether oxygens (including phenoxy) is 1. The van der Waals surface area contributed by atoms with Crippen molar-refractivity contribution in [2.75, 3.05) is 20.7 Å². The lowest BCUT2D eigenvalue weighted by atomic mass is 10.1. The molecule has 2 rings (SSSR count). The van der Waals surface area contributed by atoms with Gasteiger partial charge in [-0.05, 0) is 45.0 Å². The number of sulfonamides is 1. The third-order valence-electron chi connectivity index (χ3n) is 4.37. The minimum absolute atomic E-state index is 0.0141. The zero-order valence-corrected chi connectivity index (χ0v) is 17.0. The Hall–Kier alpha value is -2.45. The van der Waals surface area contributed by atoms with Crippen LogP contribution < -0.4 is 0 Å². The second-order valence-electron chi connectivity index (χ2n) is 6.34. The van der Waals surface area contributed by atoms with Crippen LogP contribution in [0.25, 0.3) is 0 Å². The molecular weight excluding hydrogens is 368 g/mol. The molecule has 146 valence electrons. The summed E-state index contributed by atoms with van der Waals surface area (Å²) in [5.41, 5.74) is 2.39. The third-order valence-corrected chi connectivity index (χ3v) is 6.18. The maximum absolute atomic E-state index is 12.4. The Balaban J connectivity index is 2.14. The Morgan fingerprint density at radius 3 is 2.37 bits per heavy atom. The highest BCUT2D eigenvalue weighted by Crippen LogP contribution is 2.17. The molecule has 0 amide bonds. The number of carbonyl (C=O) groups is 2. The van der Waals surface area contributed by atoms with E-state index in [2.05, 4.69) is 0 Å². The van der Waals surface area contributed by atoms with Crippen LogP contribution in [0.5, 0.6) is 0 Å². The molecule has 1 aromatic carbocycles. The number of hydrogen-bond donors (Lipinski definition) is 0. The van der Waals surface area contributed by atoms with Gasteiger partial charge in [0.15, 0.2) is 6.61 Å². The molecule has 1 heterocycles. The van der Waals surface area contributed by atoms with Crippen molar-refractivity contribution in [3.8, 4) is 0 Å².